The molecule has 1 unspecified atom stereocenters. The van der Waals surface area contributed by atoms with Crippen molar-refractivity contribution >= 4 is 0 Å². The van der Waals surface area contributed by atoms with Crippen molar-refractivity contribution in [2.75, 3.05) is 13.2 Å². The van der Waals surface area contributed by atoms with Crippen LogP contribution >= 0.6 is 0 Å². The second-order valence-corrected chi connectivity index (χ2v) is 6.38. The maximum Gasteiger partial charge on any atom is 0.112 e. The quantitative estimate of drug-likeness (QED) is 0.689. The highest BCUT2D eigenvalue weighted by Crippen LogP contribution is 2.19. The third-order valence-corrected chi connectivity index (χ3v) is 2.05. The summed E-state index contributed by atoms with van der Waals surface area (Å²) in [6, 6.07) is 0. The molecule has 0 aliphatic rings. The van der Waals surface area contributed by atoms with Crippen LogP contribution in [0.3, 0.4) is 0 Å². The molecule has 0 radical (unpaired) electrons. The van der Waals surface area contributed by atoms with E-state index >= 15 is 0 Å². The van der Waals surface area contributed by atoms with E-state index in [2.05, 4.69) is 0 Å². The van der Waals surface area contributed by atoms with Crippen LogP contribution in [-0.2, 0) is 14.2 Å². The van der Waals surface area contributed by atoms with Gasteiger partial charge in [-0.2, -0.15) is 0 Å². The third-order valence-electron chi connectivity index (χ3n) is 2.05. The molecule has 3 nitrogen and oxygen atoms in total. The lowest BCUT2D eigenvalue weighted by Crippen LogP contribution is -2.44. The maximum absolute atomic E-state index is 5.93. The maximum atomic E-state index is 5.93. The van der Waals surface area contributed by atoms with E-state index in [9.17, 15) is 0 Å². The topological polar surface area (TPSA) is 27.7 Å². The Labute approximate surface area is 107 Å². The van der Waals surface area contributed by atoms with Crippen LogP contribution < -0.4 is 0 Å². The van der Waals surface area contributed by atoms with Crippen molar-refractivity contribution < 1.29 is 14.2 Å². The first-order valence-corrected chi connectivity index (χ1v) is 6.47. The number of ether oxygens (including phenoxy) is 3. The van der Waals surface area contributed by atoms with Crippen LogP contribution in [0.2, 0.25) is 0 Å². The van der Waals surface area contributed by atoms with Gasteiger partial charge in [0.2, 0.25) is 0 Å². The molecule has 0 aromatic carbocycles. The Kier molecular flexibility index (Phi) is 6.67. The molecular formula is C14H30O3. The molecule has 0 amide bonds. The summed E-state index contributed by atoms with van der Waals surface area (Å²) in [6.45, 7) is 17.4. The molecule has 0 aliphatic carbocycles. The zero-order valence-electron chi connectivity index (χ0n) is 12.8. The average Bonchev–Trinajstić information content (AvgIpc) is 2.10. The summed E-state index contributed by atoms with van der Waals surface area (Å²) in [4.78, 5) is 0. The summed E-state index contributed by atoms with van der Waals surface area (Å²) in [7, 11) is 0. The first-order chi connectivity index (χ1) is 7.54. The standard InChI is InChI=1S/C14H30O3/c1-11(2)15-9-14(8,17-12(3)4)10-16-13(5,6)7/h11-12H,9-10H2,1-8H3. The summed E-state index contributed by atoms with van der Waals surface area (Å²) in [5, 5.41) is 0. The Morgan fingerprint density at radius 1 is 0.824 bits per heavy atom. The molecule has 0 fully saturated rings. The van der Waals surface area contributed by atoms with E-state index in [1.54, 1.807) is 0 Å². The van der Waals surface area contributed by atoms with Crippen LogP contribution in [-0.4, -0.2) is 36.6 Å². The lowest BCUT2D eigenvalue weighted by Gasteiger charge is -2.34. The fourth-order valence-corrected chi connectivity index (χ4v) is 1.39. The SMILES string of the molecule is CC(C)OCC(C)(COC(C)(C)C)OC(C)C. The molecule has 0 saturated carbocycles. The van der Waals surface area contributed by atoms with E-state index in [1.165, 1.54) is 0 Å². The Balaban J connectivity index is 4.38. The fourth-order valence-electron chi connectivity index (χ4n) is 1.39. The molecule has 0 aliphatic heterocycles. The van der Waals surface area contributed by atoms with Crippen LogP contribution in [0.25, 0.3) is 0 Å². The first-order valence-electron chi connectivity index (χ1n) is 6.47. The van der Waals surface area contributed by atoms with Gasteiger partial charge in [-0.15, -0.1) is 0 Å². The van der Waals surface area contributed by atoms with Gasteiger partial charge in [0.15, 0.2) is 0 Å². The lowest BCUT2D eigenvalue weighted by molar-refractivity contribution is -0.172. The van der Waals surface area contributed by atoms with Gasteiger partial charge in [0.05, 0.1) is 31.0 Å². The Bertz CT molecular complexity index is 206. The zero-order valence-corrected chi connectivity index (χ0v) is 12.8. The van der Waals surface area contributed by atoms with Gasteiger partial charge >= 0.3 is 0 Å². The number of hydrogen-bond donors (Lipinski definition) is 0. The molecule has 0 rings (SSSR count). The minimum absolute atomic E-state index is 0.153. The minimum atomic E-state index is -0.383. The van der Waals surface area contributed by atoms with Crippen molar-refractivity contribution in [1.29, 1.82) is 0 Å². The molecule has 0 aromatic heterocycles. The Morgan fingerprint density at radius 2 is 1.35 bits per heavy atom. The molecule has 1 atom stereocenters. The summed E-state index contributed by atoms with van der Waals surface area (Å²) in [6.07, 6.45) is 0.374. The Hall–Kier alpha value is -0.120. The van der Waals surface area contributed by atoms with Crippen molar-refractivity contribution in [3.05, 3.63) is 0 Å². The fraction of sp³-hybridized carbons (Fsp3) is 1.00. The smallest absolute Gasteiger partial charge is 0.112 e. The van der Waals surface area contributed by atoms with Gasteiger partial charge in [0.1, 0.15) is 5.60 Å². The van der Waals surface area contributed by atoms with E-state index in [0.717, 1.165) is 0 Å². The van der Waals surface area contributed by atoms with Crippen molar-refractivity contribution in [1.82, 2.24) is 0 Å². The van der Waals surface area contributed by atoms with Crippen LogP contribution in [0.15, 0.2) is 0 Å². The Morgan fingerprint density at radius 3 is 1.71 bits per heavy atom. The van der Waals surface area contributed by atoms with Gasteiger partial charge < -0.3 is 14.2 Å². The average molecular weight is 246 g/mol. The minimum Gasteiger partial charge on any atom is -0.376 e. The predicted molar refractivity (Wildman–Crippen MR) is 71.4 cm³/mol. The van der Waals surface area contributed by atoms with Crippen LogP contribution in [0.4, 0.5) is 0 Å². The van der Waals surface area contributed by atoms with E-state index in [1.807, 2.05) is 55.4 Å². The van der Waals surface area contributed by atoms with Crippen LogP contribution in [0.5, 0.6) is 0 Å². The van der Waals surface area contributed by atoms with Gasteiger partial charge in [-0.25, -0.2) is 0 Å². The van der Waals surface area contributed by atoms with Gasteiger partial charge in [-0.05, 0) is 55.4 Å². The zero-order chi connectivity index (χ0) is 13.7. The number of hydrogen-bond acceptors (Lipinski definition) is 3. The van der Waals surface area contributed by atoms with Gasteiger partial charge in [0, 0.05) is 0 Å². The molecule has 104 valence electrons. The van der Waals surface area contributed by atoms with Crippen molar-refractivity contribution in [2.24, 2.45) is 0 Å². The van der Waals surface area contributed by atoms with E-state index in [-0.39, 0.29) is 23.4 Å². The van der Waals surface area contributed by atoms with Gasteiger partial charge in [-0.1, -0.05) is 0 Å². The normalized spacial score (nSPS) is 16.6. The molecule has 3 heteroatoms. The van der Waals surface area contributed by atoms with E-state index < -0.39 is 0 Å². The molecule has 0 saturated heterocycles. The van der Waals surface area contributed by atoms with E-state index in [0.29, 0.717) is 13.2 Å². The summed E-state index contributed by atoms with van der Waals surface area (Å²) in [5.41, 5.74) is -0.537. The molecule has 0 heterocycles. The third kappa shape index (κ3) is 9.57. The highest BCUT2D eigenvalue weighted by atomic mass is 16.6. The summed E-state index contributed by atoms with van der Waals surface area (Å²) in [5.74, 6) is 0. The largest absolute Gasteiger partial charge is 0.376 e. The van der Waals surface area contributed by atoms with Crippen LogP contribution in [0.1, 0.15) is 55.4 Å². The molecule has 0 bridgehead atoms. The predicted octanol–water partition coefficient (Wildman–Crippen LogP) is 3.41. The number of rotatable bonds is 7. The molecular weight excluding hydrogens is 216 g/mol. The second kappa shape index (κ2) is 6.72. The summed E-state index contributed by atoms with van der Waals surface area (Å²) < 4.78 is 17.4. The lowest BCUT2D eigenvalue weighted by atomic mass is 10.1. The van der Waals surface area contributed by atoms with E-state index in [4.69, 9.17) is 14.2 Å². The van der Waals surface area contributed by atoms with Crippen molar-refractivity contribution in [3.8, 4) is 0 Å². The highest BCUT2D eigenvalue weighted by Gasteiger charge is 2.30. The molecule has 0 aromatic rings. The summed E-state index contributed by atoms with van der Waals surface area (Å²) >= 11 is 0. The van der Waals surface area contributed by atoms with Gasteiger partial charge in [-0.3, -0.25) is 0 Å². The van der Waals surface area contributed by atoms with Gasteiger partial charge in [0.25, 0.3) is 0 Å². The van der Waals surface area contributed by atoms with Crippen molar-refractivity contribution in [2.45, 2.75) is 78.8 Å². The molecule has 0 N–H and O–H groups in total. The van der Waals surface area contributed by atoms with Crippen molar-refractivity contribution in [3.63, 3.8) is 0 Å². The second-order valence-electron chi connectivity index (χ2n) is 6.38. The monoisotopic (exact) mass is 246 g/mol. The first kappa shape index (κ1) is 16.9. The molecule has 0 spiro atoms. The van der Waals surface area contributed by atoms with Crippen LogP contribution in [0, 0.1) is 0 Å². The molecule has 17 heavy (non-hydrogen) atoms. The highest BCUT2D eigenvalue weighted by molar-refractivity contribution is 4.77.